The predicted molar refractivity (Wildman–Crippen MR) is 108 cm³/mol. The third-order valence-corrected chi connectivity index (χ3v) is 5.78. The summed E-state index contributed by atoms with van der Waals surface area (Å²) in [6.07, 6.45) is -0.736. The maximum Gasteiger partial charge on any atom is 0.405 e. The van der Waals surface area contributed by atoms with Crippen LogP contribution in [-0.2, 0) is 15.0 Å². The SMILES string of the molecule is CC(C)(CNC(=O)C(C)(C)N1CCC[C@H](C(=O)NCC(F)(F)F)C1)c1cncc(F)c1. The Morgan fingerprint density at radius 3 is 2.42 bits per heavy atom. The first-order chi connectivity index (χ1) is 14.2. The summed E-state index contributed by atoms with van der Waals surface area (Å²) in [7, 11) is 0. The molecule has 1 aliphatic heterocycles. The molecule has 0 saturated carbocycles. The molecular weight excluding hydrogens is 416 g/mol. The monoisotopic (exact) mass is 446 g/mol. The van der Waals surface area contributed by atoms with Crippen LogP contribution >= 0.6 is 0 Å². The van der Waals surface area contributed by atoms with Crippen molar-refractivity contribution < 1.29 is 27.2 Å². The first-order valence-corrected chi connectivity index (χ1v) is 10.2. The van der Waals surface area contributed by atoms with E-state index in [2.05, 4.69) is 10.3 Å². The molecule has 2 heterocycles. The highest BCUT2D eigenvalue weighted by atomic mass is 19.4. The van der Waals surface area contributed by atoms with Crippen LogP contribution in [0.4, 0.5) is 17.6 Å². The fourth-order valence-electron chi connectivity index (χ4n) is 3.58. The number of nitrogens with zero attached hydrogens (tertiary/aromatic N) is 2. The summed E-state index contributed by atoms with van der Waals surface area (Å²) in [5.74, 6) is -2.00. The average molecular weight is 446 g/mol. The smallest absolute Gasteiger partial charge is 0.354 e. The van der Waals surface area contributed by atoms with E-state index in [0.29, 0.717) is 24.9 Å². The molecule has 31 heavy (non-hydrogen) atoms. The number of amides is 2. The van der Waals surface area contributed by atoms with E-state index in [-0.39, 0.29) is 19.0 Å². The zero-order chi connectivity index (χ0) is 23.4. The van der Waals surface area contributed by atoms with E-state index in [1.165, 1.54) is 6.07 Å². The zero-order valence-electron chi connectivity index (χ0n) is 18.3. The third-order valence-electron chi connectivity index (χ3n) is 5.78. The van der Waals surface area contributed by atoms with Gasteiger partial charge in [-0.05, 0) is 44.9 Å². The number of likely N-dealkylation sites (tertiary alicyclic amines) is 1. The summed E-state index contributed by atoms with van der Waals surface area (Å²) >= 11 is 0. The molecule has 0 aromatic carbocycles. The van der Waals surface area contributed by atoms with Crippen LogP contribution in [0.1, 0.15) is 46.1 Å². The van der Waals surface area contributed by atoms with E-state index in [1.54, 1.807) is 20.0 Å². The summed E-state index contributed by atoms with van der Waals surface area (Å²) in [5, 5.41) is 4.82. The lowest BCUT2D eigenvalue weighted by Gasteiger charge is -2.42. The third kappa shape index (κ3) is 6.88. The van der Waals surface area contributed by atoms with Crippen molar-refractivity contribution in [3.05, 3.63) is 29.8 Å². The molecule has 0 radical (unpaired) electrons. The van der Waals surface area contributed by atoms with Gasteiger partial charge in [0.05, 0.1) is 17.7 Å². The van der Waals surface area contributed by atoms with E-state index in [0.717, 1.165) is 6.20 Å². The van der Waals surface area contributed by atoms with Crippen LogP contribution in [0.15, 0.2) is 18.5 Å². The second-order valence-electron chi connectivity index (χ2n) is 9.14. The largest absolute Gasteiger partial charge is 0.405 e. The van der Waals surface area contributed by atoms with Gasteiger partial charge in [0.25, 0.3) is 0 Å². The maximum absolute atomic E-state index is 13.5. The van der Waals surface area contributed by atoms with Crippen molar-refractivity contribution in [2.75, 3.05) is 26.2 Å². The molecule has 6 nitrogen and oxygen atoms in total. The molecule has 1 aliphatic rings. The lowest BCUT2D eigenvalue weighted by molar-refractivity contribution is -0.143. The first-order valence-electron chi connectivity index (χ1n) is 10.2. The Morgan fingerprint density at radius 2 is 1.81 bits per heavy atom. The molecular formula is C21H30F4N4O2. The molecule has 2 N–H and O–H groups in total. The second-order valence-corrected chi connectivity index (χ2v) is 9.14. The summed E-state index contributed by atoms with van der Waals surface area (Å²) in [6.45, 7) is 6.78. The standard InChI is InChI=1S/C21H30F4N4O2/c1-19(2,15-8-16(22)10-26-9-15)12-28-18(31)20(3,4)29-7-5-6-14(11-29)17(30)27-13-21(23,24)25/h8-10,14H,5-7,11-13H2,1-4H3,(H,27,30)(H,28,31)/t14-/m0/s1. The number of nitrogens with one attached hydrogen (secondary N) is 2. The average Bonchev–Trinajstić information content (AvgIpc) is 2.69. The van der Waals surface area contributed by atoms with Crippen molar-refractivity contribution >= 4 is 11.8 Å². The molecule has 1 aromatic rings. The first kappa shape index (κ1) is 25.0. The number of piperidine rings is 1. The highest BCUT2D eigenvalue weighted by molar-refractivity contribution is 5.86. The molecule has 0 aliphatic carbocycles. The number of aromatic nitrogens is 1. The van der Waals surface area contributed by atoms with Gasteiger partial charge >= 0.3 is 6.18 Å². The van der Waals surface area contributed by atoms with Crippen LogP contribution in [0, 0.1) is 11.7 Å². The molecule has 1 saturated heterocycles. The molecule has 0 bridgehead atoms. The van der Waals surface area contributed by atoms with E-state index in [1.807, 2.05) is 24.1 Å². The van der Waals surface area contributed by atoms with Gasteiger partial charge in [0.1, 0.15) is 12.4 Å². The molecule has 1 aromatic heterocycles. The van der Waals surface area contributed by atoms with E-state index in [4.69, 9.17) is 0 Å². The van der Waals surface area contributed by atoms with Gasteiger partial charge in [-0.1, -0.05) is 13.8 Å². The Labute approximate surface area is 179 Å². The van der Waals surface area contributed by atoms with E-state index in [9.17, 15) is 27.2 Å². The highest BCUT2D eigenvalue weighted by Crippen LogP contribution is 2.26. The van der Waals surface area contributed by atoms with Gasteiger partial charge in [-0.25, -0.2) is 4.39 Å². The van der Waals surface area contributed by atoms with E-state index >= 15 is 0 Å². The molecule has 0 spiro atoms. The fourth-order valence-corrected chi connectivity index (χ4v) is 3.58. The summed E-state index contributed by atoms with van der Waals surface area (Å²) < 4.78 is 50.6. The van der Waals surface area contributed by atoms with Gasteiger partial charge in [0, 0.05) is 24.7 Å². The quantitative estimate of drug-likeness (QED) is 0.632. The van der Waals surface area contributed by atoms with Gasteiger partial charge < -0.3 is 10.6 Å². The molecule has 2 amide bonds. The van der Waals surface area contributed by atoms with Crippen molar-refractivity contribution in [1.82, 2.24) is 20.5 Å². The maximum atomic E-state index is 13.5. The molecule has 2 rings (SSSR count). The molecule has 1 fully saturated rings. The summed E-state index contributed by atoms with van der Waals surface area (Å²) in [4.78, 5) is 30.8. The number of rotatable bonds is 7. The lowest BCUT2D eigenvalue weighted by atomic mass is 9.85. The summed E-state index contributed by atoms with van der Waals surface area (Å²) in [6, 6.07) is 1.37. The number of halogens is 4. The Kier molecular flexibility index (Phi) is 7.67. The Hall–Kier alpha value is -2.23. The Balaban J connectivity index is 1.98. The van der Waals surface area contributed by atoms with Gasteiger partial charge in [-0.3, -0.25) is 19.5 Å². The number of hydrogen-bond acceptors (Lipinski definition) is 4. The summed E-state index contributed by atoms with van der Waals surface area (Å²) in [5.41, 5.74) is -0.896. The van der Waals surface area contributed by atoms with Crippen LogP contribution in [-0.4, -0.2) is 59.6 Å². The number of hydrogen-bond donors (Lipinski definition) is 2. The number of pyridine rings is 1. The molecule has 0 unspecified atom stereocenters. The van der Waals surface area contributed by atoms with Crippen molar-refractivity contribution in [2.45, 2.75) is 57.7 Å². The van der Waals surface area contributed by atoms with Crippen LogP contribution in [0.5, 0.6) is 0 Å². The number of carbonyl (C=O) groups excluding carboxylic acids is 2. The van der Waals surface area contributed by atoms with E-state index < -0.39 is 41.3 Å². The topological polar surface area (TPSA) is 74.3 Å². The zero-order valence-corrected chi connectivity index (χ0v) is 18.3. The normalized spacial score (nSPS) is 18.5. The van der Waals surface area contributed by atoms with Crippen LogP contribution < -0.4 is 10.6 Å². The Bertz CT molecular complexity index is 796. The second kappa shape index (κ2) is 9.50. The van der Waals surface area contributed by atoms with Gasteiger partial charge in [0.2, 0.25) is 11.8 Å². The van der Waals surface area contributed by atoms with Crippen molar-refractivity contribution in [2.24, 2.45) is 5.92 Å². The molecule has 174 valence electrons. The predicted octanol–water partition coefficient (Wildman–Crippen LogP) is 2.78. The Morgan fingerprint density at radius 1 is 1.13 bits per heavy atom. The number of carbonyl (C=O) groups is 2. The molecule has 10 heteroatoms. The minimum Gasteiger partial charge on any atom is -0.354 e. The molecule has 1 atom stereocenters. The van der Waals surface area contributed by atoms with Gasteiger partial charge in [0.15, 0.2) is 0 Å². The number of alkyl halides is 3. The highest BCUT2D eigenvalue weighted by Gasteiger charge is 2.40. The van der Waals surface area contributed by atoms with Crippen molar-refractivity contribution in [1.29, 1.82) is 0 Å². The van der Waals surface area contributed by atoms with Crippen molar-refractivity contribution in [3.63, 3.8) is 0 Å². The van der Waals surface area contributed by atoms with Crippen LogP contribution in [0.3, 0.4) is 0 Å². The van der Waals surface area contributed by atoms with Crippen molar-refractivity contribution in [3.8, 4) is 0 Å². The fraction of sp³-hybridized carbons (Fsp3) is 0.667. The van der Waals surface area contributed by atoms with Gasteiger partial charge in [-0.15, -0.1) is 0 Å². The van der Waals surface area contributed by atoms with Crippen LogP contribution in [0.2, 0.25) is 0 Å². The van der Waals surface area contributed by atoms with Gasteiger partial charge in [-0.2, -0.15) is 13.2 Å². The lowest BCUT2D eigenvalue weighted by Crippen LogP contribution is -2.59. The van der Waals surface area contributed by atoms with Crippen LogP contribution in [0.25, 0.3) is 0 Å². The minimum atomic E-state index is -4.47. The minimum absolute atomic E-state index is 0.196.